The molecule has 0 aliphatic heterocycles. The number of nitrogens with two attached hydrogens (primary N) is 1. The molecule has 15 heavy (non-hydrogen) atoms. The predicted molar refractivity (Wildman–Crippen MR) is 56.2 cm³/mol. The highest BCUT2D eigenvalue weighted by Gasteiger charge is 2.07. The van der Waals surface area contributed by atoms with Gasteiger partial charge in [-0.3, -0.25) is 14.6 Å². The summed E-state index contributed by atoms with van der Waals surface area (Å²) in [6.45, 7) is 0. The smallest absolute Gasteiger partial charge is 0.239 e. The third-order valence-electron chi connectivity index (χ3n) is 1.99. The summed E-state index contributed by atoms with van der Waals surface area (Å²) in [6, 6.07) is 5.37. The molecule has 2 heterocycles. The third-order valence-corrected chi connectivity index (χ3v) is 2.30. The van der Waals surface area contributed by atoms with Crippen LogP contribution in [0.1, 0.15) is 5.69 Å². The highest BCUT2D eigenvalue weighted by Crippen LogP contribution is 2.13. The van der Waals surface area contributed by atoms with Crippen LogP contribution in [-0.4, -0.2) is 15.3 Å². The van der Waals surface area contributed by atoms with Crippen LogP contribution in [0.4, 0.5) is 0 Å². The quantitative estimate of drug-likeness (QED) is 0.338. The molecule has 0 aliphatic carbocycles. The van der Waals surface area contributed by atoms with Gasteiger partial charge in [-0.25, -0.2) is 10.8 Å². The number of imidazole rings is 1. The SMILES string of the molecule is NNC(=O)Cc1cn2c(Cl)cccc2n1. The van der Waals surface area contributed by atoms with Gasteiger partial charge in [0.25, 0.3) is 0 Å². The van der Waals surface area contributed by atoms with E-state index in [0.29, 0.717) is 16.5 Å². The van der Waals surface area contributed by atoms with Crippen molar-refractivity contribution < 1.29 is 4.79 Å². The van der Waals surface area contributed by atoms with Crippen molar-refractivity contribution in [3.05, 3.63) is 35.2 Å². The maximum atomic E-state index is 11.0. The van der Waals surface area contributed by atoms with Crippen LogP contribution in [0.25, 0.3) is 5.65 Å². The Bertz CT molecular complexity index is 508. The number of nitrogens with zero attached hydrogens (tertiary/aromatic N) is 2. The van der Waals surface area contributed by atoms with E-state index >= 15 is 0 Å². The summed E-state index contributed by atoms with van der Waals surface area (Å²) in [5.74, 6) is 4.70. The molecule has 2 aromatic rings. The van der Waals surface area contributed by atoms with Crippen LogP contribution < -0.4 is 11.3 Å². The lowest BCUT2D eigenvalue weighted by Crippen LogP contribution is -2.31. The van der Waals surface area contributed by atoms with E-state index in [1.807, 2.05) is 6.07 Å². The molecule has 5 nitrogen and oxygen atoms in total. The average molecular weight is 225 g/mol. The molecule has 3 N–H and O–H groups in total. The minimum absolute atomic E-state index is 0.147. The summed E-state index contributed by atoms with van der Waals surface area (Å²) in [7, 11) is 0. The van der Waals surface area contributed by atoms with Crippen LogP contribution in [0, 0.1) is 0 Å². The lowest BCUT2D eigenvalue weighted by molar-refractivity contribution is -0.120. The van der Waals surface area contributed by atoms with Gasteiger partial charge in [-0.1, -0.05) is 17.7 Å². The number of carbonyl (C=O) groups excluding carboxylic acids is 1. The largest absolute Gasteiger partial charge is 0.294 e. The maximum Gasteiger partial charge on any atom is 0.239 e. The highest BCUT2D eigenvalue weighted by atomic mass is 35.5. The normalized spacial score (nSPS) is 10.5. The van der Waals surface area contributed by atoms with Gasteiger partial charge in [-0.05, 0) is 12.1 Å². The fraction of sp³-hybridized carbons (Fsp3) is 0.111. The zero-order valence-electron chi connectivity index (χ0n) is 7.77. The molecule has 0 aromatic carbocycles. The topological polar surface area (TPSA) is 72.4 Å². The number of fused-ring (bicyclic) bond motifs is 1. The Labute approximate surface area is 90.8 Å². The first-order chi connectivity index (χ1) is 7.20. The monoisotopic (exact) mass is 224 g/mol. The number of pyridine rings is 1. The zero-order valence-corrected chi connectivity index (χ0v) is 8.53. The first-order valence-corrected chi connectivity index (χ1v) is 4.70. The van der Waals surface area contributed by atoms with Crippen LogP contribution in [-0.2, 0) is 11.2 Å². The van der Waals surface area contributed by atoms with Gasteiger partial charge in [-0.2, -0.15) is 0 Å². The van der Waals surface area contributed by atoms with Crippen molar-refractivity contribution in [2.75, 3.05) is 0 Å². The van der Waals surface area contributed by atoms with Gasteiger partial charge in [0.05, 0.1) is 12.1 Å². The van der Waals surface area contributed by atoms with Gasteiger partial charge in [0, 0.05) is 6.20 Å². The summed E-state index contributed by atoms with van der Waals surface area (Å²) in [5, 5.41) is 0.555. The van der Waals surface area contributed by atoms with E-state index < -0.39 is 0 Å². The average Bonchev–Trinajstić information content (AvgIpc) is 2.62. The Hall–Kier alpha value is -1.59. The number of hydrogen-bond donors (Lipinski definition) is 2. The molecule has 0 fully saturated rings. The van der Waals surface area contributed by atoms with Gasteiger partial charge in [0.15, 0.2) is 0 Å². The summed E-state index contributed by atoms with van der Waals surface area (Å²) in [6.07, 6.45) is 1.86. The summed E-state index contributed by atoms with van der Waals surface area (Å²) in [4.78, 5) is 15.2. The van der Waals surface area contributed by atoms with Crippen LogP contribution in [0.15, 0.2) is 24.4 Å². The molecule has 0 saturated carbocycles. The first kappa shape index (κ1) is 9.95. The summed E-state index contributed by atoms with van der Waals surface area (Å²) in [5.41, 5.74) is 3.39. The number of nitrogens with one attached hydrogen (secondary N) is 1. The highest BCUT2D eigenvalue weighted by molar-refractivity contribution is 6.29. The lowest BCUT2D eigenvalue weighted by atomic mass is 10.3. The molecule has 0 bridgehead atoms. The van der Waals surface area contributed by atoms with Crippen LogP contribution in [0.3, 0.4) is 0 Å². The molecule has 0 saturated heterocycles. The van der Waals surface area contributed by atoms with E-state index in [1.54, 1.807) is 22.7 Å². The number of hydrazine groups is 1. The van der Waals surface area contributed by atoms with E-state index in [2.05, 4.69) is 10.4 Å². The molecule has 0 aliphatic rings. The van der Waals surface area contributed by atoms with Crippen molar-refractivity contribution in [2.45, 2.75) is 6.42 Å². The standard InChI is InChI=1S/C9H9ClN4O/c10-7-2-1-3-8-12-6(5-14(7)8)4-9(15)13-11/h1-3,5H,4,11H2,(H,13,15). The Kier molecular flexibility index (Phi) is 2.57. The van der Waals surface area contributed by atoms with Crippen LogP contribution in [0.5, 0.6) is 0 Å². The maximum absolute atomic E-state index is 11.0. The van der Waals surface area contributed by atoms with E-state index in [-0.39, 0.29) is 12.3 Å². The zero-order chi connectivity index (χ0) is 10.8. The number of rotatable bonds is 2. The van der Waals surface area contributed by atoms with Gasteiger partial charge in [0.1, 0.15) is 10.8 Å². The second-order valence-electron chi connectivity index (χ2n) is 3.05. The first-order valence-electron chi connectivity index (χ1n) is 4.32. The van der Waals surface area contributed by atoms with E-state index in [1.165, 1.54) is 0 Å². The summed E-state index contributed by atoms with van der Waals surface area (Å²) >= 11 is 5.94. The van der Waals surface area contributed by atoms with Crippen molar-refractivity contribution in [3.8, 4) is 0 Å². The molecule has 0 atom stereocenters. The fourth-order valence-corrected chi connectivity index (χ4v) is 1.54. The summed E-state index contributed by atoms with van der Waals surface area (Å²) < 4.78 is 1.71. The Morgan fingerprint density at radius 3 is 3.07 bits per heavy atom. The molecule has 0 radical (unpaired) electrons. The van der Waals surface area contributed by atoms with Gasteiger partial charge >= 0.3 is 0 Å². The molecule has 0 spiro atoms. The molecule has 78 valence electrons. The van der Waals surface area contributed by atoms with Gasteiger partial charge in [-0.15, -0.1) is 0 Å². The predicted octanol–water partition coefficient (Wildman–Crippen LogP) is 0.520. The number of aromatic nitrogens is 2. The molecule has 2 rings (SSSR count). The van der Waals surface area contributed by atoms with Crippen molar-refractivity contribution >= 4 is 23.2 Å². The lowest BCUT2D eigenvalue weighted by Gasteiger charge is -1.94. The number of amides is 1. The second kappa shape index (κ2) is 3.88. The molecular formula is C9H9ClN4O. The minimum Gasteiger partial charge on any atom is -0.294 e. The molecule has 0 unspecified atom stereocenters. The van der Waals surface area contributed by atoms with E-state index in [4.69, 9.17) is 17.4 Å². The van der Waals surface area contributed by atoms with Crippen LogP contribution in [0.2, 0.25) is 5.15 Å². The Morgan fingerprint density at radius 2 is 2.40 bits per heavy atom. The second-order valence-corrected chi connectivity index (χ2v) is 3.44. The van der Waals surface area contributed by atoms with Crippen molar-refractivity contribution in [3.63, 3.8) is 0 Å². The molecule has 1 amide bonds. The number of halogens is 1. The molecule has 6 heteroatoms. The van der Waals surface area contributed by atoms with Crippen molar-refractivity contribution in [1.82, 2.24) is 14.8 Å². The Morgan fingerprint density at radius 1 is 1.60 bits per heavy atom. The van der Waals surface area contributed by atoms with Gasteiger partial charge in [0.2, 0.25) is 5.91 Å². The van der Waals surface area contributed by atoms with Crippen molar-refractivity contribution in [1.29, 1.82) is 0 Å². The molecular weight excluding hydrogens is 216 g/mol. The third kappa shape index (κ3) is 1.93. The van der Waals surface area contributed by atoms with Gasteiger partial charge < -0.3 is 0 Å². The van der Waals surface area contributed by atoms with E-state index in [9.17, 15) is 4.79 Å². The molecule has 2 aromatic heterocycles. The van der Waals surface area contributed by atoms with E-state index in [0.717, 1.165) is 0 Å². The van der Waals surface area contributed by atoms with Crippen molar-refractivity contribution in [2.24, 2.45) is 5.84 Å². The van der Waals surface area contributed by atoms with Crippen LogP contribution >= 0.6 is 11.6 Å². The minimum atomic E-state index is -0.283. The number of carbonyl (C=O) groups is 1. The number of hydrogen-bond acceptors (Lipinski definition) is 3. The fourth-order valence-electron chi connectivity index (χ4n) is 1.33. The Balaban J connectivity index is 2.39.